The molecule has 1 saturated heterocycles. The standard InChI is InChI=1S/C15H26N4O.ClH/c1-13-11-19(7-6-16-13)12-14-4-5-15(17-10-14)18(2)8-9-20-3;/h4-5,10,13,16H,6-9,11-12H2,1-3H3;1H/t13-;/m0./s1. The zero-order chi connectivity index (χ0) is 14.4. The zero-order valence-electron chi connectivity index (χ0n) is 13.2. The summed E-state index contributed by atoms with van der Waals surface area (Å²) in [7, 11) is 3.76. The number of anilines is 1. The maximum atomic E-state index is 5.09. The van der Waals surface area contributed by atoms with Gasteiger partial charge in [0.1, 0.15) is 5.82 Å². The Balaban J connectivity index is 0.00000220. The van der Waals surface area contributed by atoms with Crippen LogP contribution in [0.2, 0.25) is 0 Å². The van der Waals surface area contributed by atoms with E-state index in [0.717, 1.165) is 45.1 Å². The molecule has 1 aliphatic heterocycles. The average Bonchev–Trinajstić information content (AvgIpc) is 2.45. The molecule has 0 unspecified atom stereocenters. The Kier molecular flexibility index (Phi) is 7.96. The van der Waals surface area contributed by atoms with Crippen LogP contribution in [0.5, 0.6) is 0 Å². The van der Waals surface area contributed by atoms with Crippen molar-refractivity contribution in [3.05, 3.63) is 23.9 Å². The third-order valence-electron chi connectivity index (χ3n) is 3.69. The second kappa shape index (κ2) is 9.20. The summed E-state index contributed by atoms with van der Waals surface area (Å²) in [5, 5.41) is 3.47. The Labute approximate surface area is 134 Å². The number of hydrogen-bond acceptors (Lipinski definition) is 5. The summed E-state index contributed by atoms with van der Waals surface area (Å²) in [5.41, 5.74) is 1.28. The van der Waals surface area contributed by atoms with Crippen molar-refractivity contribution in [2.75, 3.05) is 51.8 Å². The van der Waals surface area contributed by atoms with E-state index in [-0.39, 0.29) is 12.4 Å². The van der Waals surface area contributed by atoms with Gasteiger partial charge in [-0.3, -0.25) is 4.90 Å². The maximum Gasteiger partial charge on any atom is 0.128 e. The molecule has 1 N–H and O–H groups in total. The number of nitrogens with zero attached hydrogens (tertiary/aromatic N) is 3. The maximum absolute atomic E-state index is 5.09. The van der Waals surface area contributed by atoms with Gasteiger partial charge in [0.15, 0.2) is 0 Å². The highest BCUT2D eigenvalue weighted by molar-refractivity contribution is 5.85. The van der Waals surface area contributed by atoms with Gasteiger partial charge < -0.3 is 15.0 Å². The summed E-state index contributed by atoms with van der Waals surface area (Å²) >= 11 is 0. The first kappa shape index (κ1) is 18.2. The lowest BCUT2D eigenvalue weighted by molar-refractivity contribution is 0.199. The smallest absolute Gasteiger partial charge is 0.128 e. The Bertz CT molecular complexity index is 401. The van der Waals surface area contributed by atoms with Gasteiger partial charge in [0.25, 0.3) is 0 Å². The van der Waals surface area contributed by atoms with Crippen LogP contribution in [0.1, 0.15) is 12.5 Å². The molecule has 6 heteroatoms. The van der Waals surface area contributed by atoms with Crippen molar-refractivity contribution in [1.29, 1.82) is 0 Å². The number of aromatic nitrogens is 1. The third kappa shape index (κ3) is 5.79. The van der Waals surface area contributed by atoms with Crippen LogP contribution < -0.4 is 10.2 Å². The summed E-state index contributed by atoms with van der Waals surface area (Å²) in [5.74, 6) is 1.000. The molecule has 0 aromatic carbocycles. The van der Waals surface area contributed by atoms with Crippen molar-refractivity contribution < 1.29 is 4.74 Å². The van der Waals surface area contributed by atoms with Crippen molar-refractivity contribution in [1.82, 2.24) is 15.2 Å². The number of nitrogens with one attached hydrogen (secondary N) is 1. The topological polar surface area (TPSA) is 40.6 Å². The van der Waals surface area contributed by atoms with Gasteiger partial charge in [-0.25, -0.2) is 4.98 Å². The van der Waals surface area contributed by atoms with Crippen LogP contribution in [0.15, 0.2) is 18.3 Å². The third-order valence-corrected chi connectivity index (χ3v) is 3.69. The molecule has 0 bridgehead atoms. The lowest BCUT2D eigenvalue weighted by Gasteiger charge is -2.31. The molecular formula is C15H27ClN4O. The van der Waals surface area contributed by atoms with Gasteiger partial charge in [-0.05, 0) is 18.6 Å². The van der Waals surface area contributed by atoms with E-state index in [0.29, 0.717) is 6.04 Å². The predicted octanol–water partition coefficient (Wildman–Crippen LogP) is 1.38. The molecule has 21 heavy (non-hydrogen) atoms. The van der Waals surface area contributed by atoms with E-state index in [2.05, 4.69) is 39.2 Å². The molecule has 0 radical (unpaired) electrons. The summed E-state index contributed by atoms with van der Waals surface area (Å²) in [6.45, 7) is 8.10. The van der Waals surface area contributed by atoms with Gasteiger partial charge in [0.2, 0.25) is 0 Å². The Morgan fingerprint density at radius 1 is 1.48 bits per heavy atom. The van der Waals surface area contributed by atoms with Gasteiger partial charge in [-0.2, -0.15) is 0 Å². The van der Waals surface area contributed by atoms with Crippen LogP contribution in [0, 0.1) is 0 Å². The highest BCUT2D eigenvalue weighted by Crippen LogP contribution is 2.12. The molecule has 1 aliphatic rings. The van der Waals surface area contributed by atoms with Gasteiger partial charge >= 0.3 is 0 Å². The normalized spacial score (nSPS) is 19.1. The molecule has 1 aromatic heterocycles. The molecule has 2 rings (SSSR count). The molecule has 0 aliphatic carbocycles. The number of halogens is 1. The second-order valence-electron chi connectivity index (χ2n) is 5.53. The summed E-state index contributed by atoms with van der Waals surface area (Å²) in [6.07, 6.45) is 1.99. The quantitative estimate of drug-likeness (QED) is 0.859. The van der Waals surface area contributed by atoms with Crippen LogP contribution in [0.25, 0.3) is 0 Å². The first-order chi connectivity index (χ1) is 9.69. The van der Waals surface area contributed by atoms with Crippen LogP contribution in [0.4, 0.5) is 5.82 Å². The first-order valence-electron chi connectivity index (χ1n) is 7.30. The molecule has 0 spiro atoms. The Morgan fingerprint density at radius 2 is 2.29 bits per heavy atom. The molecule has 2 heterocycles. The zero-order valence-corrected chi connectivity index (χ0v) is 14.0. The highest BCUT2D eigenvalue weighted by atomic mass is 35.5. The summed E-state index contributed by atoms with van der Waals surface area (Å²) in [4.78, 5) is 9.13. The molecule has 5 nitrogen and oxygen atoms in total. The van der Waals surface area contributed by atoms with E-state index in [1.807, 2.05) is 13.2 Å². The summed E-state index contributed by atoms with van der Waals surface area (Å²) in [6, 6.07) is 4.85. The first-order valence-corrected chi connectivity index (χ1v) is 7.30. The van der Waals surface area contributed by atoms with Crippen LogP contribution in [0.3, 0.4) is 0 Å². The van der Waals surface area contributed by atoms with E-state index in [4.69, 9.17) is 4.74 Å². The number of rotatable bonds is 6. The second-order valence-corrected chi connectivity index (χ2v) is 5.53. The van der Waals surface area contributed by atoms with E-state index in [1.165, 1.54) is 5.56 Å². The average molecular weight is 315 g/mol. The number of pyridine rings is 1. The largest absolute Gasteiger partial charge is 0.383 e. The Morgan fingerprint density at radius 3 is 2.90 bits per heavy atom. The number of methoxy groups -OCH3 is 1. The van der Waals surface area contributed by atoms with E-state index in [9.17, 15) is 0 Å². The molecule has 1 aromatic rings. The minimum absolute atomic E-state index is 0. The molecule has 1 atom stereocenters. The molecule has 1 fully saturated rings. The van der Waals surface area contributed by atoms with Gasteiger partial charge in [-0.15, -0.1) is 12.4 Å². The summed E-state index contributed by atoms with van der Waals surface area (Å²) < 4.78 is 5.09. The van der Waals surface area contributed by atoms with Crippen molar-refractivity contribution in [2.45, 2.75) is 19.5 Å². The van der Waals surface area contributed by atoms with Crippen LogP contribution in [-0.2, 0) is 11.3 Å². The van der Waals surface area contributed by atoms with Crippen molar-refractivity contribution >= 4 is 18.2 Å². The van der Waals surface area contributed by atoms with E-state index < -0.39 is 0 Å². The van der Waals surface area contributed by atoms with Crippen LogP contribution >= 0.6 is 12.4 Å². The van der Waals surface area contributed by atoms with Crippen molar-refractivity contribution in [3.8, 4) is 0 Å². The monoisotopic (exact) mass is 314 g/mol. The van der Waals surface area contributed by atoms with Crippen LogP contribution in [-0.4, -0.2) is 62.9 Å². The fourth-order valence-corrected chi connectivity index (χ4v) is 2.49. The van der Waals surface area contributed by atoms with Crippen molar-refractivity contribution in [2.24, 2.45) is 0 Å². The number of hydrogen-bond donors (Lipinski definition) is 1. The lowest BCUT2D eigenvalue weighted by atomic mass is 10.2. The minimum atomic E-state index is 0. The van der Waals surface area contributed by atoms with E-state index >= 15 is 0 Å². The number of likely N-dealkylation sites (N-methyl/N-ethyl adjacent to an activating group) is 1. The Hall–Kier alpha value is -0.880. The molecule has 0 amide bonds. The lowest BCUT2D eigenvalue weighted by Crippen LogP contribution is -2.48. The van der Waals surface area contributed by atoms with Gasteiger partial charge in [0, 0.05) is 59.1 Å². The molecule has 0 saturated carbocycles. The minimum Gasteiger partial charge on any atom is -0.383 e. The van der Waals surface area contributed by atoms with E-state index in [1.54, 1.807) is 7.11 Å². The van der Waals surface area contributed by atoms with Gasteiger partial charge in [0.05, 0.1) is 6.61 Å². The predicted molar refractivity (Wildman–Crippen MR) is 89.4 cm³/mol. The molecular weight excluding hydrogens is 288 g/mol. The van der Waals surface area contributed by atoms with Crippen molar-refractivity contribution in [3.63, 3.8) is 0 Å². The molecule has 120 valence electrons. The SMILES string of the molecule is COCCN(C)c1ccc(CN2CCN[C@@H](C)C2)cn1.Cl. The highest BCUT2D eigenvalue weighted by Gasteiger charge is 2.15. The number of ether oxygens (including phenoxy) is 1. The number of piperazine rings is 1. The fraction of sp³-hybridized carbons (Fsp3) is 0.667. The van der Waals surface area contributed by atoms with Gasteiger partial charge in [-0.1, -0.05) is 6.07 Å². The fourth-order valence-electron chi connectivity index (χ4n) is 2.49.